The van der Waals surface area contributed by atoms with E-state index < -0.39 is 0 Å². The Bertz CT molecular complexity index is 531. The molecule has 116 valence electrons. The molecule has 3 nitrogen and oxygen atoms in total. The van der Waals surface area contributed by atoms with Gasteiger partial charge in [-0.05, 0) is 17.5 Å². The molecule has 0 unspecified atom stereocenters. The molecule has 0 spiro atoms. The third kappa shape index (κ3) is 3.07. The predicted molar refractivity (Wildman–Crippen MR) is 89.7 cm³/mol. The molecule has 0 aliphatic carbocycles. The van der Waals surface area contributed by atoms with Crippen molar-refractivity contribution >= 4 is 0 Å². The van der Waals surface area contributed by atoms with Crippen molar-refractivity contribution in [1.29, 1.82) is 0 Å². The van der Waals surface area contributed by atoms with Crippen LogP contribution >= 0.6 is 0 Å². The summed E-state index contributed by atoms with van der Waals surface area (Å²) in [6, 6.07) is 21.2. The molecule has 1 fully saturated rings. The molecule has 0 radical (unpaired) electrons. The second-order valence-corrected chi connectivity index (χ2v) is 5.79. The molecule has 22 heavy (non-hydrogen) atoms. The third-order valence-electron chi connectivity index (χ3n) is 4.46. The van der Waals surface area contributed by atoms with E-state index in [9.17, 15) is 0 Å². The molecule has 1 heterocycles. The number of benzene rings is 2. The molecule has 0 aromatic heterocycles. The molecule has 1 aliphatic heterocycles. The molecule has 0 saturated carbocycles. The molecular formula is C19H24N2O. The summed E-state index contributed by atoms with van der Waals surface area (Å²) in [7, 11) is 0. The Labute approximate surface area is 132 Å². The van der Waals surface area contributed by atoms with Gasteiger partial charge in [0.15, 0.2) is 0 Å². The lowest BCUT2D eigenvalue weighted by atomic mass is 9.83. The quantitative estimate of drug-likeness (QED) is 0.942. The van der Waals surface area contributed by atoms with Crippen LogP contribution in [0.25, 0.3) is 0 Å². The molecule has 1 aliphatic rings. The van der Waals surface area contributed by atoms with E-state index in [1.807, 2.05) is 0 Å². The fraction of sp³-hybridized carbons (Fsp3) is 0.368. The van der Waals surface area contributed by atoms with Gasteiger partial charge in [-0.1, -0.05) is 60.7 Å². The van der Waals surface area contributed by atoms with Crippen LogP contribution in [0.2, 0.25) is 0 Å². The van der Waals surface area contributed by atoms with E-state index in [1.165, 1.54) is 11.1 Å². The van der Waals surface area contributed by atoms with Crippen LogP contribution in [0.3, 0.4) is 0 Å². The first-order valence-electron chi connectivity index (χ1n) is 8.02. The average Bonchev–Trinajstić information content (AvgIpc) is 2.81. The van der Waals surface area contributed by atoms with Gasteiger partial charge in [0.25, 0.3) is 0 Å². The lowest BCUT2D eigenvalue weighted by molar-refractivity contribution is -0.0101. The molecule has 0 bridgehead atoms. The van der Waals surface area contributed by atoms with E-state index in [0.717, 1.165) is 32.7 Å². The van der Waals surface area contributed by atoms with Crippen LogP contribution in [-0.4, -0.2) is 37.7 Å². The Hall–Kier alpha value is -1.68. The molecule has 3 rings (SSSR count). The number of ether oxygens (including phenoxy) is 1. The highest BCUT2D eigenvalue weighted by molar-refractivity contribution is 5.36. The van der Waals surface area contributed by atoms with E-state index in [1.54, 1.807) is 0 Å². The van der Waals surface area contributed by atoms with Crippen LogP contribution in [0.1, 0.15) is 17.5 Å². The summed E-state index contributed by atoms with van der Waals surface area (Å²) in [4.78, 5) is 2.40. The molecule has 0 atom stereocenters. The molecule has 2 N–H and O–H groups in total. The SMILES string of the molecule is NCCN1CCOC(c2ccccc2)(c2ccccc2)CC1. The second-order valence-electron chi connectivity index (χ2n) is 5.79. The van der Waals surface area contributed by atoms with Gasteiger partial charge in [0, 0.05) is 26.2 Å². The topological polar surface area (TPSA) is 38.5 Å². The highest BCUT2D eigenvalue weighted by atomic mass is 16.5. The predicted octanol–water partition coefficient (Wildman–Crippen LogP) is 2.61. The van der Waals surface area contributed by atoms with Gasteiger partial charge >= 0.3 is 0 Å². The van der Waals surface area contributed by atoms with Gasteiger partial charge in [-0.15, -0.1) is 0 Å². The Morgan fingerprint density at radius 2 is 1.50 bits per heavy atom. The van der Waals surface area contributed by atoms with Crippen molar-refractivity contribution < 1.29 is 4.74 Å². The summed E-state index contributed by atoms with van der Waals surface area (Å²) >= 11 is 0. The number of hydrogen-bond donors (Lipinski definition) is 1. The molecule has 2 aromatic carbocycles. The van der Waals surface area contributed by atoms with E-state index in [0.29, 0.717) is 6.54 Å². The van der Waals surface area contributed by atoms with Crippen LogP contribution in [0, 0.1) is 0 Å². The number of hydrogen-bond acceptors (Lipinski definition) is 3. The second kappa shape index (κ2) is 7.05. The highest BCUT2D eigenvalue weighted by Gasteiger charge is 2.37. The largest absolute Gasteiger partial charge is 0.364 e. The maximum absolute atomic E-state index is 6.46. The number of rotatable bonds is 4. The molecule has 2 aromatic rings. The van der Waals surface area contributed by atoms with Gasteiger partial charge in [-0.3, -0.25) is 4.90 Å². The van der Waals surface area contributed by atoms with Gasteiger partial charge in [0.1, 0.15) is 5.60 Å². The van der Waals surface area contributed by atoms with Crippen LogP contribution < -0.4 is 5.73 Å². The van der Waals surface area contributed by atoms with Gasteiger partial charge in [0.2, 0.25) is 0 Å². The van der Waals surface area contributed by atoms with Gasteiger partial charge in [-0.2, -0.15) is 0 Å². The Morgan fingerprint density at radius 1 is 0.909 bits per heavy atom. The van der Waals surface area contributed by atoms with E-state index in [2.05, 4.69) is 65.6 Å². The van der Waals surface area contributed by atoms with Crippen LogP contribution in [-0.2, 0) is 10.3 Å². The highest BCUT2D eigenvalue weighted by Crippen LogP contribution is 2.38. The van der Waals surface area contributed by atoms with Crippen molar-refractivity contribution in [2.75, 3.05) is 32.8 Å². The third-order valence-corrected chi connectivity index (χ3v) is 4.46. The monoisotopic (exact) mass is 296 g/mol. The van der Waals surface area contributed by atoms with Crippen molar-refractivity contribution in [2.24, 2.45) is 5.73 Å². The van der Waals surface area contributed by atoms with Crippen molar-refractivity contribution in [3.05, 3.63) is 71.8 Å². The van der Waals surface area contributed by atoms with E-state index in [-0.39, 0.29) is 5.60 Å². The molecule has 3 heteroatoms. The van der Waals surface area contributed by atoms with Crippen molar-refractivity contribution in [3.8, 4) is 0 Å². The summed E-state index contributed by atoms with van der Waals surface area (Å²) in [5.41, 5.74) is 7.83. The zero-order chi connectivity index (χ0) is 15.3. The minimum absolute atomic E-state index is 0.355. The molecule has 1 saturated heterocycles. The summed E-state index contributed by atoms with van der Waals surface area (Å²) in [6.07, 6.45) is 0.945. The fourth-order valence-electron chi connectivity index (χ4n) is 3.29. The first-order valence-corrected chi connectivity index (χ1v) is 8.02. The maximum atomic E-state index is 6.46. The van der Waals surface area contributed by atoms with Crippen molar-refractivity contribution in [2.45, 2.75) is 12.0 Å². The smallest absolute Gasteiger partial charge is 0.119 e. The summed E-state index contributed by atoms with van der Waals surface area (Å²) in [5, 5.41) is 0. The molecular weight excluding hydrogens is 272 g/mol. The zero-order valence-corrected chi connectivity index (χ0v) is 12.9. The maximum Gasteiger partial charge on any atom is 0.119 e. The normalized spacial score (nSPS) is 18.8. The number of nitrogens with zero attached hydrogens (tertiary/aromatic N) is 1. The van der Waals surface area contributed by atoms with Gasteiger partial charge in [-0.25, -0.2) is 0 Å². The minimum Gasteiger partial charge on any atom is -0.364 e. The fourth-order valence-corrected chi connectivity index (χ4v) is 3.29. The van der Waals surface area contributed by atoms with Crippen LogP contribution in [0.5, 0.6) is 0 Å². The van der Waals surface area contributed by atoms with Crippen molar-refractivity contribution in [1.82, 2.24) is 4.90 Å². The van der Waals surface area contributed by atoms with E-state index >= 15 is 0 Å². The summed E-state index contributed by atoms with van der Waals surface area (Å²) in [6.45, 7) is 4.30. The van der Waals surface area contributed by atoms with Crippen LogP contribution in [0.15, 0.2) is 60.7 Å². The van der Waals surface area contributed by atoms with Crippen molar-refractivity contribution in [3.63, 3.8) is 0 Å². The van der Waals surface area contributed by atoms with Crippen LogP contribution in [0.4, 0.5) is 0 Å². The van der Waals surface area contributed by atoms with E-state index in [4.69, 9.17) is 10.5 Å². The average molecular weight is 296 g/mol. The Kier molecular flexibility index (Phi) is 4.88. The Balaban J connectivity index is 1.98. The zero-order valence-electron chi connectivity index (χ0n) is 12.9. The number of nitrogens with two attached hydrogens (primary N) is 1. The first kappa shape index (κ1) is 15.2. The molecule has 0 amide bonds. The lowest BCUT2D eigenvalue weighted by Crippen LogP contribution is -2.33. The standard InChI is InChI=1S/C19H24N2O/c20-12-14-21-13-11-19(22-16-15-21,17-7-3-1-4-8-17)18-9-5-2-6-10-18/h1-10H,11-16,20H2. The van der Waals surface area contributed by atoms with Gasteiger partial charge in [0.05, 0.1) is 6.61 Å². The summed E-state index contributed by atoms with van der Waals surface area (Å²) < 4.78 is 6.46. The minimum atomic E-state index is -0.355. The Morgan fingerprint density at radius 3 is 2.05 bits per heavy atom. The van der Waals surface area contributed by atoms with Gasteiger partial charge < -0.3 is 10.5 Å². The lowest BCUT2D eigenvalue weighted by Gasteiger charge is -2.34. The summed E-state index contributed by atoms with van der Waals surface area (Å²) in [5.74, 6) is 0. The first-order chi connectivity index (χ1) is 10.8.